The Morgan fingerprint density at radius 3 is 2.28 bits per heavy atom. The van der Waals surface area contributed by atoms with Gasteiger partial charge in [-0.3, -0.25) is 9.48 Å². The number of carbonyl (C=O) groups excluding carboxylic acids is 1. The first kappa shape index (κ1) is 20.3. The number of nitrogens with zero attached hydrogens (tertiary/aromatic N) is 3. The molecule has 0 fully saturated rings. The highest BCUT2D eigenvalue weighted by Crippen LogP contribution is 2.28. The Hall–Kier alpha value is -3.64. The molecule has 2 aromatic carbocycles. The van der Waals surface area contributed by atoms with Gasteiger partial charge in [-0.1, -0.05) is 60.7 Å². The predicted molar refractivity (Wildman–Crippen MR) is 131 cm³/mol. The molecule has 1 amide bonds. The van der Waals surface area contributed by atoms with Gasteiger partial charge < -0.3 is 9.88 Å². The van der Waals surface area contributed by atoms with E-state index >= 15 is 0 Å². The summed E-state index contributed by atoms with van der Waals surface area (Å²) in [5.74, 6) is -0.116. The number of nitrogens with one attached hydrogen (secondary N) is 1. The van der Waals surface area contributed by atoms with E-state index in [1.165, 1.54) is 5.56 Å². The lowest BCUT2D eigenvalue weighted by atomic mass is 10.2. The molecule has 5 rings (SSSR count). The van der Waals surface area contributed by atoms with Crippen LogP contribution in [-0.2, 0) is 13.1 Å². The van der Waals surface area contributed by atoms with Gasteiger partial charge in [-0.05, 0) is 42.5 Å². The lowest BCUT2D eigenvalue weighted by Crippen LogP contribution is -2.18. The van der Waals surface area contributed by atoms with E-state index in [4.69, 9.17) is 0 Å². The molecule has 0 saturated heterocycles. The summed E-state index contributed by atoms with van der Waals surface area (Å²) in [4.78, 5) is 13.4. The molecule has 0 unspecified atom stereocenters. The number of carbonyl (C=O) groups is 1. The van der Waals surface area contributed by atoms with Crippen molar-refractivity contribution >= 4 is 33.1 Å². The number of hydrogen-bond donors (Lipinski definition) is 1. The standard InChI is InChI=1S/C26H24N4OS/c1-18-25(19(2)30(28-18)17-21-11-7-4-8-12-21)27-26(31)23-15-24-22(13-14-32-24)29(23)16-20-9-5-3-6-10-20/h3-15H,16-17H2,1-2H3,(H,27,31). The van der Waals surface area contributed by atoms with Crippen molar-refractivity contribution in [2.75, 3.05) is 5.32 Å². The first-order valence-electron chi connectivity index (χ1n) is 10.6. The van der Waals surface area contributed by atoms with Gasteiger partial charge in [0.1, 0.15) is 5.69 Å². The Bertz CT molecular complexity index is 1380. The summed E-state index contributed by atoms with van der Waals surface area (Å²) in [5, 5.41) is 9.88. The molecule has 0 spiro atoms. The van der Waals surface area contributed by atoms with Gasteiger partial charge in [0, 0.05) is 6.54 Å². The van der Waals surface area contributed by atoms with E-state index < -0.39 is 0 Å². The second-order valence-electron chi connectivity index (χ2n) is 7.91. The maximum Gasteiger partial charge on any atom is 0.272 e. The number of hydrogen-bond acceptors (Lipinski definition) is 3. The van der Waals surface area contributed by atoms with Crippen LogP contribution in [-0.4, -0.2) is 20.3 Å². The minimum absolute atomic E-state index is 0.116. The number of benzene rings is 2. The van der Waals surface area contributed by atoms with Crippen molar-refractivity contribution < 1.29 is 4.79 Å². The monoisotopic (exact) mass is 440 g/mol. The van der Waals surface area contributed by atoms with Crippen LogP contribution in [0, 0.1) is 13.8 Å². The van der Waals surface area contributed by atoms with E-state index in [1.807, 2.05) is 61.0 Å². The predicted octanol–water partition coefficient (Wildman–Crippen LogP) is 5.87. The largest absolute Gasteiger partial charge is 0.331 e. The fourth-order valence-corrected chi connectivity index (χ4v) is 4.89. The third kappa shape index (κ3) is 3.85. The van der Waals surface area contributed by atoms with Gasteiger partial charge in [0.15, 0.2) is 0 Å². The lowest BCUT2D eigenvalue weighted by molar-refractivity contribution is 0.101. The maximum absolute atomic E-state index is 13.4. The molecule has 0 radical (unpaired) electrons. The molecule has 5 nitrogen and oxygen atoms in total. The summed E-state index contributed by atoms with van der Waals surface area (Å²) in [6.07, 6.45) is 0. The van der Waals surface area contributed by atoms with Crippen LogP contribution < -0.4 is 5.32 Å². The second-order valence-corrected chi connectivity index (χ2v) is 8.86. The van der Waals surface area contributed by atoms with Crippen molar-refractivity contribution in [1.29, 1.82) is 0 Å². The molecule has 3 aromatic heterocycles. The smallest absolute Gasteiger partial charge is 0.272 e. The Kier molecular flexibility index (Phi) is 5.37. The molecule has 3 heterocycles. The van der Waals surface area contributed by atoms with E-state index in [-0.39, 0.29) is 5.91 Å². The zero-order valence-electron chi connectivity index (χ0n) is 18.1. The van der Waals surface area contributed by atoms with Gasteiger partial charge in [0.2, 0.25) is 0 Å². The van der Waals surface area contributed by atoms with E-state index in [1.54, 1.807) is 11.3 Å². The van der Waals surface area contributed by atoms with E-state index in [0.29, 0.717) is 18.8 Å². The first-order valence-corrected chi connectivity index (χ1v) is 11.5. The van der Waals surface area contributed by atoms with Crippen molar-refractivity contribution in [2.24, 2.45) is 0 Å². The summed E-state index contributed by atoms with van der Waals surface area (Å²) < 4.78 is 5.15. The van der Waals surface area contributed by atoms with Crippen LogP contribution in [0.15, 0.2) is 78.2 Å². The van der Waals surface area contributed by atoms with Gasteiger partial charge in [-0.2, -0.15) is 5.10 Å². The summed E-state index contributed by atoms with van der Waals surface area (Å²) in [6.45, 7) is 5.25. The van der Waals surface area contributed by atoms with Crippen LogP contribution in [0.1, 0.15) is 33.0 Å². The highest BCUT2D eigenvalue weighted by atomic mass is 32.1. The minimum Gasteiger partial charge on any atom is -0.331 e. The molecule has 0 bridgehead atoms. The molecule has 160 valence electrons. The third-order valence-corrected chi connectivity index (χ3v) is 6.59. The normalized spacial score (nSPS) is 11.2. The van der Waals surface area contributed by atoms with Crippen LogP contribution in [0.2, 0.25) is 0 Å². The average Bonchev–Trinajstić information content (AvgIpc) is 3.47. The molecular weight excluding hydrogens is 416 g/mol. The Balaban J connectivity index is 1.44. The molecular formula is C26H24N4OS. The fourth-order valence-electron chi connectivity index (χ4n) is 4.07. The highest BCUT2D eigenvalue weighted by molar-refractivity contribution is 7.17. The number of anilines is 1. The van der Waals surface area contributed by atoms with Crippen LogP contribution in [0.3, 0.4) is 0 Å². The maximum atomic E-state index is 13.4. The van der Waals surface area contributed by atoms with Crippen LogP contribution >= 0.6 is 11.3 Å². The SMILES string of the molecule is Cc1nn(Cc2ccccc2)c(C)c1NC(=O)c1cc2sccc2n1Cc1ccccc1. The second kappa shape index (κ2) is 8.48. The summed E-state index contributed by atoms with van der Waals surface area (Å²) >= 11 is 1.65. The third-order valence-electron chi connectivity index (χ3n) is 5.73. The molecule has 0 aliphatic heterocycles. The summed E-state index contributed by atoms with van der Waals surface area (Å²) in [5.41, 5.74) is 6.61. The summed E-state index contributed by atoms with van der Waals surface area (Å²) in [6, 6.07) is 24.5. The number of rotatable bonds is 6. The van der Waals surface area contributed by atoms with Crippen LogP contribution in [0.25, 0.3) is 10.2 Å². The van der Waals surface area contributed by atoms with Crippen LogP contribution in [0.5, 0.6) is 0 Å². The minimum atomic E-state index is -0.116. The highest BCUT2D eigenvalue weighted by Gasteiger charge is 2.20. The van der Waals surface area contributed by atoms with Crippen molar-refractivity contribution in [3.63, 3.8) is 0 Å². The van der Waals surface area contributed by atoms with Gasteiger partial charge in [-0.15, -0.1) is 11.3 Å². The summed E-state index contributed by atoms with van der Waals surface area (Å²) in [7, 11) is 0. The quantitative estimate of drug-likeness (QED) is 0.359. The molecule has 1 N–H and O–H groups in total. The molecule has 0 saturated carbocycles. The Morgan fingerprint density at radius 1 is 0.938 bits per heavy atom. The van der Waals surface area contributed by atoms with E-state index in [9.17, 15) is 4.79 Å². The lowest BCUT2D eigenvalue weighted by Gasteiger charge is -2.12. The average molecular weight is 441 g/mol. The van der Waals surface area contributed by atoms with Gasteiger partial charge in [-0.25, -0.2) is 0 Å². The number of thiophene rings is 1. The van der Waals surface area contributed by atoms with Gasteiger partial charge >= 0.3 is 0 Å². The van der Waals surface area contributed by atoms with Crippen molar-refractivity contribution in [3.8, 4) is 0 Å². The van der Waals surface area contributed by atoms with Gasteiger partial charge in [0.25, 0.3) is 5.91 Å². The van der Waals surface area contributed by atoms with Crippen molar-refractivity contribution in [2.45, 2.75) is 26.9 Å². The zero-order chi connectivity index (χ0) is 22.1. The van der Waals surface area contributed by atoms with Crippen molar-refractivity contribution in [3.05, 3.63) is 106 Å². The Morgan fingerprint density at radius 2 is 1.59 bits per heavy atom. The fraction of sp³-hybridized carbons (Fsp3) is 0.154. The van der Waals surface area contributed by atoms with E-state index in [0.717, 1.165) is 32.9 Å². The number of amides is 1. The van der Waals surface area contributed by atoms with Crippen LogP contribution in [0.4, 0.5) is 5.69 Å². The Labute approximate surface area is 190 Å². The number of fused-ring (bicyclic) bond motifs is 1. The van der Waals surface area contributed by atoms with Crippen molar-refractivity contribution in [1.82, 2.24) is 14.3 Å². The van der Waals surface area contributed by atoms with E-state index in [2.05, 4.69) is 50.7 Å². The number of aromatic nitrogens is 3. The first-order chi connectivity index (χ1) is 15.6. The molecule has 0 aliphatic rings. The molecule has 32 heavy (non-hydrogen) atoms. The molecule has 6 heteroatoms. The van der Waals surface area contributed by atoms with Gasteiger partial charge in [0.05, 0.1) is 33.8 Å². The molecule has 0 aliphatic carbocycles. The zero-order valence-corrected chi connectivity index (χ0v) is 18.9. The molecule has 5 aromatic rings. The number of aryl methyl sites for hydroxylation is 1. The molecule has 0 atom stereocenters. The topological polar surface area (TPSA) is 51.9 Å².